The molecule has 0 bridgehead atoms. The van der Waals surface area contributed by atoms with E-state index in [2.05, 4.69) is 11.9 Å². The van der Waals surface area contributed by atoms with Gasteiger partial charge in [-0.25, -0.2) is 0 Å². The van der Waals surface area contributed by atoms with Crippen molar-refractivity contribution in [2.75, 3.05) is 18.5 Å². The summed E-state index contributed by atoms with van der Waals surface area (Å²) in [6, 6.07) is 5.81. The van der Waals surface area contributed by atoms with Crippen LogP contribution in [-0.2, 0) is 6.61 Å². The average Bonchev–Trinajstić information content (AvgIpc) is 2.39. The quantitative estimate of drug-likeness (QED) is 0.896. The number of hydrogen-bond acceptors (Lipinski definition) is 2. The van der Waals surface area contributed by atoms with Crippen LogP contribution in [0.25, 0.3) is 0 Å². The Morgan fingerprint density at radius 2 is 2.00 bits per heavy atom. The highest BCUT2D eigenvalue weighted by Gasteiger charge is 2.16. The van der Waals surface area contributed by atoms with Gasteiger partial charge in [0.1, 0.15) is 0 Å². The highest BCUT2D eigenvalue weighted by Crippen LogP contribution is 2.30. The van der Waals surface area contributed by atoms with E-state index in [0.29, 0.717) is 0 Å². The van der Waals surface area contributed by atoms with E-state index in [-0.39, 0.29) is 6.61 Å². The zero-order chi connectivity index (χ0) is 13.0. The summed E-state index contributed by atoms with van der Waals surface area (Å²) in [5.74, 6) is 0.803. The summed E-state index contributed by atoms with van der Waals surface area (Å²) in [6.45, 7) is 1.13. The molecule has 100 valence electrons. The SMILES string of the molecule is CN(CC1CCCCC1)c1ccc(CO)cc1Cl. The van der Waals surface area contributed by atoms with Crippen molar-refractivity contribution >= 4 is 17.3 Å². The van der Waals surface area contributed by atoms with Gasteiger partial charge in [0.05, 0.1) is 17.3 Å². The molecule has 1 fully saturated rings. The zero-order valence-corrected chi connectivity index (χ0v) is 11.8. The van der Waals surface area contributed by atoms with Gasteiger partial charge in [-0.15, -0.1) is 0 Å². The van der Waals surface area contributed by atoms with Crippen molar-refractivity contribution in [3.05, 3.63) is 28.8 Å². The van der Waals surface area contributed by atoms with Gasteiger partial charge in [0, 0.05) is 13.6 Å². The molecule has 0 aromatic heterocycles. The number of nitrogens with zero attached hydrogens (tertiary/aromatic N) is 1. The normalized spacial score (nSPS) is 16.8. The lowest BCUT2D eigenvalue weighted by Gasteiger charge is -2.29. The molecular formula is C15H22ClNO. The largest absolute Gasteiger partial charge is 0.392 e. The third-order valence-corrected chi connectivity index (χ3v) is 4.17. The molecule has 0 radical (unpaired) electrons. The van der Waals surface area contributed by atoms with Crippen LogP contribution >= 0.6 is 11.6 Å². The van der Waals surface area contributed by atoms with Crippen LogP contribution in [0.3, 0.4) is 0 Å². The molecule has 1 N–H and O–H groups in total. The fraction of sp³-hybridized carbons (Fsp3) is 0.600. The first-order valence-corrected chi connectivity index (χ1v) is 7.19. The number of rotatable bonds is 4. The second-order valence-electron chi connectivity index (χ2n) is 5.33. The maximum atomic E-state index is 9.08. The number of anilines is 1. The van der Waals surface area contributed by atoms with Crippen molar-refractivity contribution in [1.29, 1.82) is 0 Å². The number of benzene rings is 1. The maximum Gasteiger partial charge on any atom is 0.0682 e. The van der Waals surface area contributed by atoms with E-state index in [0.717, 1.165) is 28.7 Å². The monoisotopic (exact) mass is 267 g/mol. The van der Waals surface area contributed by atoms with E-state index < -0.39 is 0 Å². The van der Waals surface area contributed by atoms with Crippen molar-refractivity contribution < 1.29 is 5.11 Å². The summed E-state index contributed by atoms with van der Waals surface area (Å²) < 4.78 is 0. The van der Waals surface area contributed by atoms with Gasteiger partial charge in [-0.1, -0.05) is 36.9 Å². The Morgan fingerprint density at radius 3 is 2.61 bits per heavy atom. The molecule has 0 heterocycles. The van der Waals surface area contributed by atoms with Crippen molar-refractivity contribution in [2.24, 2.45) is 5.92 Å². The Labute approximate surface area is 115 Å². The number of hydrogen-bond donors (Lipinski definition) is 1. The number of halogens is 1. The Kier molecular flexibility index (Phi) is 4.90. The molecule has 0 spiro atoms. The van der Waals surface area contributed by atoms with E-state index in [9.17, 15) is 0 Å². The van der Waals surface area contributed by atoms with E-state index in [1.54, 1.807) is 0 Å². The van der Waals surface area contributed by atoms with Crippen LogP contribution < -0.4 is 4.90 Å². The first kappa shape index (κ1) is 13.7. The van der Waals surface area contributed by atoms with Crippen molar-refractivity contribution in [2.45, 2.75) is 38.7 Å². The van der Waals surface area contributed by atoms with Gasteiger partial charge in [-0.2, -0.15) is 0 Å². The minimum absolute atomic E-state index is 0.0480. The topological polar surface area (TPSA) is 23.5 Å². The summed E-state index contributed by atoms with van der Waals surface area (Å²) in [5.41, 5.74) is 1.94. The Balaban J connectivity index is 2.01. The van der Waals surface area contributed by atoms with Crippen LogP contribution in [0.4, 0.5) is 5.69 Å². The standard InChI is InChI=1S/C15H22ClNO/c1-17(10-12-5-3-2-4-6-12)15-8-7-13(11-18)9-14(15)16/h7-9,12,18H,2-6,10-11H2,1H3. The van der Waals surface area contributed by atoms with Gasteiger partial charge in [0.2, 0.25) is 0 Å². The molecule has 2 rings (SSSR count). The lowest BCUT2D eigenvalue weighted by Crippen LogP contribution is -2.27. The molecule has 0 unspecified atom stereocenters. The predicted octanol–water partition coefficient (Wildman–Crippen LogP) is 3.85. The Morgan fingerprint density at radius 1 is 1.28 bits per heavy atom. The van der Waals surface area contributed by atoms with Crippen LogP contribution in [-0.4, -0.2) is 18.7 Å². The van der Waals surface area contributed by atoms with E-state index in [1.807, 2.05) is 18.2 Å². The Bertz CT molecular complexity index is 388. The molecule has 0 aliphatic heterocycles. The van der Waals surface area contributed by atoms with Crippen molar-refractivity contribution in [3.63, 3.8) is 0 Å². The maximum absolute atomic E-state index is 9.08. The fourth-order valence-corrected chi connectivity index (χ4v) is 3.16. The molecule has 3 heteroatoms. The lowest BCUT2D eigenvalue weighted by atomic mass is 9.89. The van der Waals surface area contributed by atoms with Crippen LogP contribution in [0.15, 0.2) is 18.2 Å². The first-order valence-electron chi connectivity index (χ1n) is 6.81. The van der Waals surface area contributed by atoms with Gasteiger partial charge in [-0.3, -0.25) is 0 Å². The molecule has 2 nitrogen and oxygen atoms in total. The summed E-state index contributed by atoms with van der Waals surface area (Å²) in [7, 11) is 2.11. The van der Waals surface area contributed by atoms with Crippen LogP contribution in [0, 0.1) is 5.92 Å². The Hall–Kier alpha value is -0.730. The first-order chi connectivity index (χ1) is 8.70. The van der Waals surface area contributed by atoms with Crippen LogP contribution in [0.5, 0.6) is 0 Å². The smallest absolute Gasteiger partial charge is 0.0682 e. The van der Waals surface area contributed by atoms with Gasteiger partial charge >= 0.3 is 0 Å². The highest BCUT2D eigenvalue weighted by atomic mass is 35.5. The van der Waals surface area contributed by atoms with Crippen molar-refractivity contribution in [1.82, 2.24) is 0 Å². The molecule has 1 saturated carbocycles. The van der Waals surface area contributed by atoms with Crippen molar-refractivity contribution in [3.8, 4) is 0 Å². The summed E-state index contributed by atoms with van der Waals surface area (Å²) in [5, 5.41) is 9.82. The van der Waals surface area contributed by atoms with E-state index >= 15 is 0 Å². The molecule has 0 saturated heterocycles. The zero-order valence-electron chi connectivity index (χ0n) is 11.0. The number of aliphatic hydroxyl groups excluding tert-OH is 1. The van der Waals surface area contributed by atoms with E-state index in [1.165, 1.54) is 32.1 Å². The fourth-order valence-electron chi connectivity index (χ4n) is 2.81. The molecule has 1 aliphatic rings. The molecule has 1 aliphatic carbocycles. The molecule has 0 amide bonds. The minimum Gasteiger partial charge on any atom is -0.392 e. The van der Waals surface area contributed by atoms with Crippen LogP contribution in [0.2, 0.25) is 5.02 Å². The lowest BCUT2D eigenvalue weighted by molar-refractivity contribution is 0.282. The molecule has 1 aromatic carbocycles. The third kappa shape index (κ3) is 3.39. The minimum atomic E-state index is 0.0480. The second kappa shape index (κ2) is 6.44. The summed E-state index contributed by atoms with van der Waals surface area (Å²) >= 11 is 6.27. The highest BCUT2D eigenvalue weighted by molar-refractivity contribution is 6.33. The molecule has 0 atom stereocenters. The van der Waals surface area contributed by atoms with Crippen LogP contribution in [0.1, 0.15) is 37.7 Å². The van der Waals surface area contributed by atoms with Gasteiger partial charge in [-0.05, 0) is 36.5 Å². The molecule has 18 heavy (non-hydrogen) atoms. The summed E-state index contributed by atoms with van der Waals surface area (Å²) in [6.07, 6.45) is 6.82. The van der Waals surface area contributed by atoms with Gasteiger partial charge in [0.25, 0.3) is 0 Å². The second-order valence-corrected chi connectivity index (χ2v) is 5.74. The molecule has 1 aromatic rings. The predicted molar refractivity (Wildman–Crippen MR) is 77.2 cm³/mol. The third-order valence-electron chi connectivity index (χ3n) is 3.86. The molecular weight excluding hydrogens is 246 g/mol. The average molecular weight is 268 g/mol. The van der Waals surface area contributed by atoms with Gasteiger partial charge in [0.15, 0.2) is 0 Å². The number of aliphatic hydroxyl groups is 1. The van der Waals surface area contributed by atoms with Gasteiger partial charge < -0.3 is 10.0 Å². The summed E-state index contributed by atoms with van der Waals surface area (Å²) in [4.78, 5) is 2.25. The van der Waals surface area contributed by atoms with E-state index in [4.69, 9.17) is 16.7 Å².